The second kappa shape index (κ2) is 7.04. The molecule has 5 nitrogen and oxygen atoms in total. The molecule has 0 saturated heterocycles. The summed E-state index contributed by atoms with van der Waals surface area (Å²) in [5.74, 6) is -0.442. The van der Waals surface area contributed by atoms with Crippen LogP contribution in [-0.2, 0) is 4.79 Å². The second-order valence-corrected chi connectivity index (χ2v) is 6.59. The van der Waals surface area contributed by atoms with Gasteiger partial charge in [-0.05, 0) is 62.6 Å². The number of carbonyl (C=O) groups is 2. The average molecular weight is 350 g/mol. The fraction of sp³-hybridized carbons (Fsp3) is 0.238. The van der Waals surface area contributed by atoms with Gasteiger partial charge in [0, 0.05) is 16.6 Å². The molecule has 0 aliphatic heterocycles. The zero-order chi connectivity index (χ0) is 18.8. The van der Waals surface area contributed by atoms with Crippen molar-refractivity contribution in [3.05, 3.63) is 64.4 Å². The van der Waals surface area contributed by atoms with Gasteiger partial charge in [-0.15, -0.1) is 0 Å². The second-order valence-electron chi connectivity index (χ2n) is 6.59. The Balaban J connectivity index is 1.65. The molecule has 2 amide bonds. The molecule has 3 rings (SSSR count). The number of fused-ring (bicyclic) bond motifs is 1. The van der Waals surface area contributed by atoms with E-state index < -0.39 is 5.91 Å². The van der Waals surface area contributed by atoms with Crippen LogP contribution < -0.4 is 10.6 Å². The quantitative estimate of drug-likeness (QED) is 0.746. The molecule has 0 saturated carbocycles. The largest absolute Gasteiger partial charge is 0.451 e. The highest BCUT2D eigenvalue weighted by Gasteiger charge is 2.18. The summed E-state index contributed by atoms with van der Waals surface area (Å²) >= 11 is 0. The van der Waals surface area contributed by atoms with Gasteiger partial charge in [0.25, 0.3) is 5.91 Å². The van der Waals surface area contributed by atoms with Gasteiger partial charge in [0.1, 0.15) is 5.58 Å². The van der Waals surface area contributed by atoms with E-state index >= 15 is 0 Å². The summed E-state index contributed by atoms with van der Waals surface area (Å²) in [7, 11) is 0. The molecule has 1 heterocycles. The van der Waals surface area contributed by atoms with Crippen molar-refractivity contribution in [3.8, 4) is 0 Å². The van der Waals surface area contributed by atoms with Gasteiger partial charge in [-0.2, -0.15) is 0 Å². The highest BCUT2D eigenvalue weighted by molar-refractivity contribution is 6.01. The predicted octanol–water partition coefficient (Wildman–Crippen LogP) is 4.03. The van der Waals surface area contributed by atoms with Crippen LogP contribution in [0.3, 0.4) is 0 Å². The molecule has 5 heteroatoms. The fourth-order valence-corrected chi connectivity index (χ4v) is 2.81. The molecule has 0 fully saturated rings. The minimum absolute atomic E-state index is 0.124. The predicted molar refractivity (Wildman–Crippen MR) is 103 cm³/mol. The standard InChI is InChI=1S/C21H22N2O3/c1-12-5-8-17-15(4)20(26-18(17)9-12)21(25)22-11-19(24)23-16-7-6-13(2)14(3)10-16/h5-10H,11H2,1-4H3,(H,22,25)(H,23,24). The lowest BCUT2D eigenvalue weighted by Crippen LogP contribution is -2.33. The molecule has 26 heavy (non-hydrogen) atoms. The summed E-state index contributed by atoms with van der Waals surface area (Å²) in [5, 5.41) is 6.30. The summed E-state index contributed by atoms with van der Waals surface area (Å²) in [4.78, 5) is 24.5. The number of carbonyl (C=O) groups excluding carboxylic acids is 2. The van der Waals surface area contributed by atoms with Crippen molar-refractivity contribution in [2.75, 3.05) is 11.9 Å². The van der Waals surface area contributed by atoms with Crippen molar-refractivity contribution in [2.24, 2.45) is 0 Å². The first-order valence-corrected chi connectivity index (χ1v) is 8.50. The van der Waals surface area contributed by atoms with Crippen LogP contribution in [0.15, 0.2) is 40.8 Å². The Hall–Kier alpha value is -3.08. The van der Waals surface area contributed by atoms with E-state index in [4.69, 9.17) is 4.42 Å². The monoisotopic (exact) mass is 350 g/mol. The first-order valence-electron chi connectivity index (χ1n) is 8.50. The Kier molecular flexibility index (Phi) is 4.80. The zero-order valence-corrected chi connectivity index (χ0v) is 15.4. The number of hydrogen-bond acceptors (Lipinski definition) is 3. The average Bonchev–Trinajstić information content (AvgIpc) is 2.92. The van der Waals surface area contributed by atoms with E-state index in [2.05, 4.69) is 10.6 Å². The molecule has 134 valence electrons. The van der Waals surface area contributed by atoms with Crippen molar-refractivity contribution >= 4 is 28.5 Å². The van der Waals surface area contributed by atoms with Crippen LogP contribution in [-0.4, -0.2) is 18.4 Å². The smallest absolute Gasteiger partial charge is 0.287 e. The maximum atomic E-state index is 12.4. The van der Waals surface area contributed by atoms with Gasteiger partial charge in [-0.25, -0.2) is 0 Å². The minimum Gasteiger partial charge on any atom is -0.451 e. The third-order valence-electron chi connectivity index (χ3n) is 4.50. The van der Waals surface area contributed by atoms with Gasteiger partial charge in [-0.3, -0.25) is 9.59 Å². The minimum atomic E-state index is -0.397. The molecular weight excluding hydrogens is 328 g/mol. The van der Waals surface area contributed by atoms with E-state index in [0.717, 1.165) is 27.6 Å². The van der Waals surface area contributed by atoms with Gasteiger partial charge >= 0.3 is 0 Å². The van der Waals surface area contributed by atoms with Crippen molar-refractivity contribution in [1.82, 2.24) is 5.32 Å². The van der Waals surface area contributed by atoms with Gasteiger partial charge in [0.15, 0.2) is 5.76 Å². The number of amides is 2. The maximum Gasteiger partial charge on any atom is 0.287 e. The lowest BCUT2D eigenvalue weighted by Gasteiger charge is -2.08. The summed E-state index contributed by atoms with van der Waals surface area (Å²) in [6.07, 6.45) is 0. The number of anilines is 1. The summed E-state index contributed by atoms with van der Waals surface area (Å²) < 4.78 is 5.68. The fourth-order valence-electron chi connectivity index (χ4n) is 2.81. The topological polar surface area (TPSA) is 71.3 Å². The van der Waals surface area contributed by atoms with Crippen molar-refractivity contribution in [1.29, 1.82) is 0 Å². The Morgan fingerprint density at radius 1 is 0.962 bits per heavy atom. The lowest BCUT2D eigenvalue weighted by molar-refractivity contribution is -0.115. The van der Waals surface area contributed by atoms with Gasteiger partial charge in [0.2, 0.25) is 5.91 Å². The van der Waals surface area contributed by atoms with Crippen molar-refractivity contribution in [3.63, 3.8) is 0 Å². The van der Waals surface area contributed by atoms with E-state index in [1.165, 1.54) is 0 Å². The van der Waals surface area contributed by atoms with E-state index in [0.29, 0.717) is 11.3 Å². The SMILES string of the molecule is Cc1ccc2c(C)c(C(=O)NCC(=O)Nc3ccc(C)c(C)c3)oc2c1. The van der Waals surface area contributed by atoms with E-state index in [1.54, 1.807) is 0 Å². The molecule has 0 spiro atoms. The maximum absolute atomic E-state index is 12.4. The number of aryl methyl sites for hydroxylation is 4. The third kappa shape index (κ3) is 3.61. The van der Waals surface area contributed by atoms with Crippen LogP contribution >= 0.6 is 0 Å². The highest BCUT2D eigenvalue weighted by Crippen LogP contribution is 2.26. The Bertz CT molecular complexity index is 1000. The van der Waals surface area contributed by atoms with Gasteiger partial charge < -0.3 is 15.1 Å². The Labute approximate surface area is 152 Å². The van der Waals surface area contributed by atoms with Gasteiger partial charge in [0.05, 0.1) is 6.54 Å². The van der Waals surface area contributed by atoms with Crippen LogP contribution in [0.1, 0.15) is 32.8 Å². The van der Waals surface area contributed by atoms with Gasteiger partial charge in [-0.1, -0.05) is 18.2 Å². The van der Waals surface area contributed by atoms with E-state index in [1.807, 2.05) is 64.1 Å². The number of rotatable bonds is 4. The van der Waals surface area contributed by atoms with Crippen LogP contribution in [0.25, 0.3) is 11.0 Å². The molecule has 1 aromatic heterocycles. The Morgan fingerprint density at radius 3 is 2.46 bits per heavy atom. The first-order chi connectivity index (χ1) is 12.3. The molecular formula is C21H22N2O3. The van der Waals surface area contributed by atoms with Crippen LogP contribution in [0.2, 0.25) is 0 Å². The molecule has 0 atom stereocenters. The van der Waals surface area contributed by atoms with Crippen LogP contribution in [0, 0.1) is 27.7 Å². The first kappa shape index (κ1) is 17.7. The molecule has 0 radical (unpaired) electrons. The van der Waals surface area contributed by atoms with Crippen LogP contribution in [0.5, 0.6) is 0 Å². The summed E-state index contributed by atoms with van der Waals surface area (Å²) in [6.45, 7) is 7.68. The van der Waals surface area contributed by atoms with Crippen molar-refractivity contribution < 1.29 is 14.0 Å². The third-order valence-corrected chi connectivity index (χ3v) is 4.50. The molecule has 0 unspecified atom stereocenters. The van der Waals surface area contributed by atoms with Crippen LogP contribution in [0.4, 0.5) is 5.69 Å². The van der Waals surface area contributed by atoms with E-state index in [-0.39, 0.29) is 18.2 Å². The molecule has 0 aliphatic rings. The van der Waals surface area contributed by atoms with Crippen molar-refractivity contribution in [2.45, 2.75) is 27.7 Å². The molecule has 0 aliphatic carbocycles. The molecule has 3 aromatic rings. The zero-order valence-electron chi connectivity index (χ0n) is 15.4. The Morgan fingerprint density at radius 2 is 1.73 bits per heavy atom. The lowest BCUT2D eigenvalue weighted by atomic mass is 10.1. The number of furan rings is 1. The van der Waals surface area contributed by atoms with E-state index in [9.17, 15) is 9.59 Å². The molecule has 2 N–H and O–H groups in total. The number of hydrogen-bond donors (Lipinski definition) is 2. The number of benzene rings is 2. The summed E-state index contributed by atoms with van der Waals surface area (Å²) in [6, 6.07) is 11.5. The summed E-state index contributed by atoms with van der Waals surface area (Å²) in [5.41, 5.74) is 5.47. The molecule has 0 bridgehead atoms. The normalized spacial score (nSPS) is 10.8. The number of nitrogens with one attached hydrogen (secondary N) is 2. The highest BCUT2D eigenvalue weighted by atomic mass is 16.3. The molecule has 2 aromatic carbocycles.